The van der Waals surface area contributed by atoms with E-state index in [2.05, 4.69) is 0 Å². The summed E-state index contributed by atoms with van der Waals surface area (Å²) in [7, 11) is 0. The first-order chi connectivity index (χ1) is 14.3. The molecule has 0 atom stereocenters. The fourth-order valence-corrected chi connectivity index (χ4v) is 4.13. The molecule has 30 heavy (non-hydrogen) atoms. The highest BCUT2D eigenvalue weighted by Crippen LogP contribution is 2.30. The first-order valence-corrected chi connectivity index (χ1v) is 10.4. The van der Waals surface area contributed by atoms with Crippen molar-refractivity contribution in [2.45, 2.75) is 34.2 Å². The molecule has 0 bridgehead atoms. The van der Waals surface area contributed by atoms with Crippen LogP contribution in [0.5, 0.6) is 0 Å². The number of esters is 1. The normalized spacial score (nSPS) is 14.7. The fourth-order valence-electron chi connectivity index (χ4n) is 3.71. The Morgan fingerprint density at radius 3 is 2.23 bits per heavy atom. The monoisotopic (exact) mass is 427 g/mol. The number of amides is 2. The molecule has 1 aliphatic rings. The Kier molecular flexibility index (Phi) is 6.36. The molecule has 0 saturated carbocycles. The number of ether oxygens (including phenoxy) is 1. The third-order valence-corrected chi connectivity index (χ3v) is 5.65. The van der Waals surface area contributed by atoms with Gasteiger partial charge in [-0.15, -0.1) is 0 Å². The Hall–Kier alpha value is -3.00. The van der Waals surface area contributed by atoms with Gasteiger partial charge in [0.2, 0.25) is 0 Å². The topological polar surface area (TPSA) is 71.8 Å². The number of rotatable bonds is 6. The standard InChI is InChI=1S/C22H25N3O4S/c1-5-23-20(27)17(21(28)24(6-2)22(23)30)12-16-14(4)25(13-19(26)29-7-3)18-11-9-8-10-15(16)18/h8-12H,5-7,13H2,1-4H3. The van der Waals surface area contributed by atoms with E-state index in [0.29, 0.717) is 19.7 Å². The summed E-state index contributed by atoms with van der Waals surface area (Å²) in [5.74, 6) is -1.15. The number of hydrogen-bond acceptors (Lipinski definition) is 5. The van der Waals surface area contributed by atoms with E-state index in [1.165, 1.54) is 9.80 Å². The molecule has 0 unspecified atom stereocenters. The van der Waals surface area contributed by atoms with Crippen LogP contribution in [-0.4, -0.2) is 57.0 Å². The van der Waals surface area contributed by atoms with Gasteiger partial charge in [-0.25, -0.2) is 0 Å². The zero-order valence-electron chi connectivity index (χ0n) is 17.6. The summed E-state index contributed by atoms with van der Waals surface area (Å²) >= 11 is 5.33. The van der Waals surface area contributed by atoms with Crippen molar-refractivity contribution in [3.63, 3.8) is 0 Å². The lowest BCUT2D eigenvalue weighted by Gasteiger charge is -2.35. The Labute approximate surface area is 180 Å². The smallest absolute Gasteiger partial charge is 0.325 e. The van der Waals surface area contributed by atoms with Crippen LogP contribution in [0.2, 0.25) is 0 Å². The molecule has 0 spiro atoms. The molecule has 2 heterocycles. The Morgan fingerprint density at radius 1 is 1.07 bits per heavy atom. The lowest BCUT2D eigenvalue weighted by Crippen LogP contribution is -2.55. The average molecular weight is 428 g/mol. The molecular weight excluding hydrogens is 402 g/mol. The number of nitrogens with zero attached hydrogens (tertiary/aromatic N) is 3. The van der Waals surface area contributed by atoms with E-state index >= 15 is 0 Å². The molecule has 2 amide bonds. The van der Waals surface area contributed by atoms with Crippen LogP contribution in [0.3, 0.4) is 0 Å². The molecule has 0 radical (unpaired) electrons. The number of fused-ring (bicyclic) bond motifs is 1. The molecule has 8 heteroatoms. The van der Waals surface area contributed by atoms with Gasteiger partial charge in [-0.05, 0) is 52.1 Å². The third kappa shape index (κ3) is 3.63. The van der Waals surface area contributed by atoms with Gasteiger partial charge in [-0.2, -0.15) is 0 Å². The molecule has 1 aromatic carbocycles. The molecule has 1 aromatic heterocycles. The van der Waals surface area contributed by atoms with Crippen molar-refractivity contribution in [3.8, 4) is 0 Å². The average Bonchev–Trinajstić information content (AvgIpc) is 2.97. The predicted molar refractivity (Wildman–Crippen MR) is 119 cm³/mol. The first-order valence-electron chi connectivity index (χ1n) is 9.98. The maximum absolute atomic E-state index is 13.0. The van der Waals surface area contributed by atoms with Crippen molar-refractivity contribution in [3.05, 3.63) is 41.1 Å². The third-order valence-electron chi connectivity index (χ3n) is 5.21. The molecule has 2 aromatic rings. The number of likely N-dealkylation sites (N-methyl/N-ethyl adjacent to an activating group) is 2. The van der Waals surface area contributed by atoms with Crippen LogP contribution in [0.4, 0.5) is 0 Å². The Bertz CT molecular complexity index is 1040. The number of aromatic nitrogens is 1. The number of para-hydroxylation sites is 1. The second-order valence-corrected chi connectivity index (χ2v) is 7.21. The van der Waals surface area contributed by atoms with Crippen LogP contribution < -0.4 is 0 Å². The van der Waals surface area contributed by atoms with Crippen molar-refractivity contribution in [1.82, 2.24) is 14.4 Å². The van der Waals surface area contributed by atoms with Crippen molar-refractivity contribution >= 4 is 52.1 Å². The van der Waals surface area contributed by atoms with E-state index in [-0.39, 0.29) is 23.2 Å². The first kappa shape index (κ1) is 21.7. The van der Waals surface area contributed by atoms with Gasteiger partial charge in [-0.3, -0.25) is 24.2 Å². The van der Waals surface area contributed by atoms with Gasteiger partial charge in [0.05, 0.1) is 6.61 Å². The highest BCUT2D eigenvalue weighted by molar-refractivity contribution is 7.80. The SMILES string of the molecule is CCOC(=O)Cn1c(C)c(C=C2C(=O)N(CC)C(=S)N(CC)C2=O)c2ccccc21. The summed E-state index contributed by atoms with van der Waals surface area (Å²) < 4.78 is 6.95. The summed E-state index contributed by atoms with van der Waals surface area (Å²) in [5, 5.41) is 1.08. The van der Waals surface area contributed by atoms with Crippen molar-refractivity contribution in [1.29, 1.82) is 0 Å². The van der Waals surface area contributed by atoms with E-state index in [1.807, 2.05) is 49.6 Å². The maximum Gasteiger partial charge on any atom is 0.325 e. The summed E-state index contributed by atoms with van der Waals surface area (Å²) in [5.41, 5.74) is 2.40. The largest absolute Gasteiger partial charge is 0.465 e. The van der Waals surface area contributed by atoms with E-state index in [9.17, 15) is 14.4 Å². The summed E-state index contributed by atoms with van der Waals surface area (Å²) in [6.07, 6.45) is 1.62. The molecule has 1 fully saturated rings. The minimum Gasteiger partial charge on any atom is -0.465 e. The maximum atomic E-state index is 13.0. The van der Waals surface area contributed by atoms with Gasteiger partial charge in [0.15, 0.2) is 5.11 Å². The second kappa shape index (κ2) is 8.79. The van der Waals surface area contributed by atoms with Crippen LogP contribution in [0, 0.1) is 6.92 Å². The predicted octanol–water partition coefficient (Wildman–Crippen LogP) is 2.89. The number of carbonyl (C=O) groups is 3. The van der Waals surface area contributed by atoms with Crippen LogP contribution >= 0.6 is 12.2 Å². The number of thiocarbonyl (C=S) groups is 1. The quantitative estimate of drug-likeness (QED) is 0.307. The van der Waals surface area contributed by atoms with Gasteiger partial charge in [0, 0.05) is 35.2 Å². The highest BCUT2D eigenvalue weighted by Gasteiger charge is 2.38. The second-order valence-electron chi connectivity index (χ2n) is 6.85. The van der Waals surface area contributed by atoms with E-state index in [4.69, 9.17) is 17.0 Å². The lowest BCUT2D eigenvalue weighted by atomic mass is 10.0. The van der Waals surface area contributed by atoms with Gasteiger partial charge < -0.3 is 9.30 Å². The summed E-state index contributed by atoms with van der Waals surface area (Å²) in [6.45, 7) is 8.38. The van der Waals surface area contributed by atoms with Crippen LogP contribution in [0.25, 0.3) is 17.0 Å². The van der Waals surface area contributed by atoms with Crippen molar-refractivity contribution in [2.24, 2.45) is 0 Å². The van der Waals surface area contributed by atoms with E-state index < -0.39 is 11.8 Å². The molecule has 0 aliphatic carbocycles. The molecule has 1 saturated heterocycles. The Balaban J connectivity index is 2.16. The van der Waals surface area contributed by atoms with Gasteiger partial charge in [0.25, 0.3) is 11.8 Å². The summed E-state index contributed by atoms with van der Waals surface area (Å²) in [4.78, 5) is 41.0. The zero-order chi connectivity index (χ0) is 22.0. The highest BCUT2D eigenvalue weighted by atomic mass is 32.1. The number of carbonyl (C=O) groups excluding carboxylic acids is 3. The number of hydrogen-bond donors (Lipinski definition) is 0. The molecule has 158 valence electrons. The summed E-state index contributed by atoms with van der Waals surface area (Å²) in [6, 6.07) is 7.58. The van der Waals surface area contributed by atoms with Crippen LogP contribution in [-0.2, 0) is 25.7 Å². The Morgan fingerprint density at radius 2 is 1.67 bits per heavy atom. The molecule has 3 rings (SSSR count). The lowest BCUT2D eigenvalue weighted by molar-refractivity contribution is -0.143. The number of benzene rings is 1. The van der Waals surface area contributed by atoms with Crippen LogP contribution in [0.1, 0.15) is 32.0 Å². The minimum atomic E-state index is -0.404. The molecule has 7 nitrogen and oxygen atoms in total. The van der Waals surface area contributed by atoms with E-state index in [1.54, 1.807) is 13.0 Å². The van der Waals surface area contributed by atoms with Crippen molar-refractivity contribution in [2.75, 3.05) is 19.7 Å². The van der Waals surface area contributed by atoms with Gasteiger partial charge in [0.1, 0.15) is 12.1 Å². The minimum absolute atomic E-state index is 0.0531. The molecule has 1 aliphatic heterocycles. The van der Waals surface area contributed by atoms with Gasteiger partial charge in [-0.1, -0.05) is 18.2 Å². The van der Waals surface area contributed by atoms with E-state index in [0.717, 1.165) is 22.2 Å². The zero-order valence-corrected chi connectivity index (χ0v) is 18.4. The fraction of sp³-hybridized carbons (Fsp3) is 0.364. The molecule has 0 N–H and O–H groups in total. The molecular formula is C22H25N3O4S. The van der Waals surface area contributed by atoms with Crippen LogP contribution in [0.15, 0.2) is 29.8 Å². The van der Waals surface area contributed by atoms with Crippen molar-refractivity contribution < 1.29 is 19.1 Å². The van der Waals surface area contributed by atoms with Gasteiger partial charge >= 0.3 is 5.97 Å².